The second-order valence-electron chi connectivity index (χ2n) is 7.84. The molecule has 1 aliphatic rings. The predicted molar refractivity (Wildman–Crippen MR) is 115 cm³/mol. The minimum atomic E-state index is -0.316. The van der Waals surface area contributed by atoms with Gasteiger partial charge in [0.1, 0.15) is 5.82 Å². The molecular formula is C24H23FN4O3. The van der Waals surface area contributed by atoms with Gasteiger partial charge in [-0.15, -0.1) is 0 Å². The fourth-order valence-corrected chi connectivity index (χ4v) is 3.79. The summed E-state index contributed by atoms with van der Waals surface area (Å²) >= 11 is 0. The molecule has 2 aromatic carbocycles. The lowest BCUT2D eigenvalue weighted by molar-refractivity contribution is -0.139. The number of halogens is 1. The number of amides is 3. The van der Waals surface area contributed by atoms with E-state index in [1.165, 1.54) is 17.0 Å². The average Bonchev–Trinajstić information content (AvgIpc) is 3.32. The summed E-state index contributed by atoms with van der Waals surface area (Å²) < 4.78 is 14.9. The fourth-order valence-electron chi connectivity index (χ4n) is 3.79. The fraction of sp³-hybridized carbons (Fsp3) is 0.250. The molecule has 164 valence electrons. The Kier molecular flexibility index (Phi) is 5.85. The van der Waals surface area contributed by atoms with Gasteiger partial charge >= 0.3 is 0 Å². The quantitative estimate of drug-likeness (QED) is 0.602. The van der Waals surface area contributed by atoms with Crippen LogP contribution in [0.5, 0.6) is 0 Å². The van der Waals surface area contributed by atoms with E-state index in [4.69, 9.17) is 0 Å². The minimum absolute atomic E-state index is 0.165. The van der Waals surface area contributed by atoms with Gasteiger partial charge in [0.2, 0.25) is 11.8 Å². The first-order valence-corrected chi connectivity index (χ1v) is 10.4. The summed E-state index contributed by atoms with van der Waals surface area (Å²) in [4.78, 5) is 37.5. The molecule has 0 bridgehead atoms. The molecule has 0 spiro atoms. The van der Waals surface area contributed by atoms with Crippen LogP contribution in [0.3, 0.4) is 0 Å². The molecule has 1 aromatic heterocycles. The number of hydrogen-bond donors (Lipinski definition) is 1. The Balaban J connectivity index is 1.42. The molecule has 2 heterocycles. The van der Waals surface area contributed by atoms with Crippen LogP contribution >= 0.6 is 0 Å². The molecule has 0 saturated carbocycles. The van der Waals surface area contributed by atoms with Crippen LogP contribution in [0.15, 0.2) is 54.7 Å². The maximum Gasteiger partial charge on any atom is 0.251 e. The summed E-state index contributed by atoms with van der Waals surface area (Å²) in [6, 6.07) is 12.6. The van der Waals surface area contributed by atoms with Crippen molar-refractivity contribution >= 4 is 17.7 Å². The van der Waals surface area contributed by atoms with Crippen LogP contribution in [0.2, 0.25) is 0 Å². The van der Waals surface area contributed by atoms with Crippen LogP contribution in [-0.4, -0.2) is 32.4 Å². The van der Waals surface area contributed by atoms with Gasteiger partial charge in [-0.1, -0.05) is 12.1 Å². The van der Waals surface area contributed by atoms with Crippen LogP contribution in [0, 0.1) is 12.7 Å². The average molecular weight is 434 g/mol. The van der Waals surface area contributed by atoms with E-state index < -0.39 is 0 Å². The van der Waals surface area contributed by atoms with E-state index in [2.05, 4.69) is 10.4 Å². The SMILES string of the molecule is Cc1c(C(C)NC(=O)c2ccc(CN3C(=O)CCC3=O)cc2)cnn1-c1ccc(F)cc1. The van der Waals surface area contributed by atoms with Gasteiger partial charge in [0, 0.05) is 29.7 Å². The van der Waals surface area contributed by atoms with Gasteiger partial charge in [-0.2, -0.15) is 5.10 Å². The van der Waals surface area contributed by atoms with Crippen LogP contribution in [-0.2, 0) is 16.1 Å². The monoisotopic (exact) mass is 434 g/mol. The molecule has 1 fully saturated rings. The molecule has 0 aliphatic carbocycles. The zero-order chi connectivity index (χ0) is 22.8. The van der Waals surface area contributed by atoms with Gasteiger partial charge in [-0.3, -0.25) is 19.3 Å². The normalized spacial score (nSPS) is 14.7. The molecule has 4 rings (SSSR count). The number of likely N-dealkylation sites (tertiary alicyclic amines) is 1. The molecule has 8 heteroatoms. The Morgan fingerprint density at radius 2 is 1.69 bits per heavy atom. The van der Waals surface area contributed by atoms with E-state index in [1.807, 2.05) is 13.8 Å². The second kappa shape index (κ2) is 8.74. The van der Waals surface area contributed by atoms with Gasteiger partial charge in [0.15, 0.2) is 0 Å². The molecule has 32 heavy (non-hydrogen) atoms. The van der Waals surface area contributed by atoms with Crippen LogP contribution in [0.1, 0.15) is 53.0 Å². The molecule has 1 aliphatic heterocycles. The van der Waals surface area contributed by atoms with Crippen molar-refractivity contribution in [2.75, 3.05) is 0 Å². The Labute approximate surface area is 184 Å². The third-order valence-corrected chi connectivity index (χ3v) is 5.64. The zero-order valence-electron chi connectivity index (χ0n) is 17.8. The smallest absolute Gasteiger partial charge is 0.251 e. The van der Waals surface area contributed by atoms with E-state index in [0.717, 1.165) is 22.5 Å². The lowest BCUT2D eigenvalue weighted by Crippen LogP contribution is -2.28. The highest BCUT2D eigenvalue weighted by Gasteiger charge is 2.28. The molecular weight excluding hydrogens is 411 g/mol. The van der Waals surface area contributed by atoms with Gasteiger partial charge in [-0.05, 0) is 55.8 Å². The summed E-state index contributed by atoms with van der Waals surface area (Å²) in [6.07, 6.45) is 2.21. The molecule has 1 N–H and O–H groups in total. The number of hydrogen-bond acceptors (Lipinski definition) is 4. The van der Waals surface area contributed by atoms with E-state index in [9.17, 15) is 18.8 Å². The van der Waals surface area contributed by atoms with Crippen molar-refractivity contribution in [3.63, 3.8) is 0 Å². The van der Waals surface area contributed by atoms with Crippen molar-refractivity contribution in [2.24, 2.45) is 0 Å². The van der Waals surface area contributed by atoms with Crippen molar-refractivity contribution in [1.29, 1.82) is 0 Å². The van der Waals surface area contributed by atoms with Gasteiger partial charge in [0.25, 0.3) is 5.91 Å². The first-order valence-electron chi connectivity index (χ1n) is 10.4. The van der Waals surface area contributed by atoms with Crippen molar-refractivity contribution in [1.82, 2.24) is 20.0 Å². The van der Waals surface area contributed by atoms with E-state index in [0.29, 0.717) is 5.56 Å². The third-order valence-electron chi connectivity index (χ3n) is 5.64. The second-order valence-corrected chi connectivity index (χ2v) is 7.84. The summed E-state index contributed by atoms with van der Waals surface area (Å²) in [5, 5.41) is 7.34. The Morgan fingerprint density at radius 3 is 2.31 bits per heavy atom. The highest BCUT2D eigenvalue weighted by atomic mass is 19.1. The minimum Gasteiger partial charge on any atom is -0.345 e. The number of rotatable bonds is 6. The Morgan fingerprint density at radius 1 is 1.06 bits per heavy atom. The lowest BCUT2D eigenvalue weighted by atomic mass is 10.1. The maximum atomic E-state index is 13.2. The summed E-state index contributed by atoms with van der Waals surface area (Å²) in [7, 11) is 0. The molecule has 1 saturated heterocycles. The molecule has 1 atom stereocenters. The first kappa shape index (κ1) is 21.4. The summed E-state index contributed by atoms with van der Waals surface area (Å²) in [5.41, 5.74) is 3.70. The summed E-state index contributed by atoms with van der Waals surface area (Å²) in [6.45, 7) is 3.98. The number of benzene rings is 2. The first-order chi connectivity index (χ1) is 15.3. The van der Waals surface area contributed by atoms with Crippen molar-refractivity contribution < 1.29 is 18.8 Å². The lowest BCUT2D eigenvalue weighted by Gasteiger charge is -2.16. The zero-order valence-corrected chi connectivity index (χ0v) is 17.8. The predicted octanol–water partition coefficient (Wildman–Crippen LogP) is 3.46. The highest BCUT2D eigenvalue weighted by molar-refractivity contribution is 6.01. The van der Waals surface area contributed by atoms with Crippen molar-refractivity contribution in [3.05, 3.63) is 82.9 Å². The van der Waals surface area contributed by atoms with Crippen molar-refractivity contribution in [2.45, 2.75) is 39.3 Å². The number of nitrogens with one attached hydrogen (secondary N) is 1. The standard InChI is InChI=1S/C24H23FN4O3/c1-15(21-13-26-29(16(21)2)20-9-7-19(25)8-10-20)27-24(32)18-5-3-17(4-6-18)14-28-22(30)11-12-23(28)31/h3-10,13,15H,11-12,14H2,1-2H3,(H,27,32). The number of nitrogens with zero attached hydrogens (tertiary/aromatic N) is 3. The molecule has 3 aromatic rings. The number of carbonyl (C=O) groups is 3. The van der Waals surface area contributed by atoms with E-state index in [1.54, 1.807) is 47.3 Å². The van der Waals surface area contributed by atoms with E-state index >= 15 is 0 Å². The maximum absolute atomic E-state index is 13.2. The number of carbonyl (C=O) groups excluding carboxylic acids is 3. The van der Waals surface area contributed by atoms with Crippen LogP contribution < -0.4 is 5.32 Å². The van der Waals surface area contributed by atoms with Gasteiger partial charge in [-0.25, -0.2) is 9.07 Å². The molecule has 1 unspecified atom stereocenters. The highest BCUT2D eigenvalue weighted by Crippen LogP contribution is 2.21. The molecule has 0 radical (unpaired) electrons. The summed E-state index contributed by atoms with van der Waals surface area (Å²) in [5.74, 6) is -0.889. The van der Waals surface area contributed by atoms with Crippen LogP contribution in [0.4, 0.5) is 4.39 Å². The largest absolute Gasteiger partial charge is 0.345 e. The molecule has 3 amide bonds. The van der Waals surface area contributed by atoms with Crippen molar-refractivity contribution in [3.8, 4) is 5.69 Å². The van der Waals surface area contributed by atoms with Crippen LogP contribution in [0.25, 0.3) is 5.69 Å². The Bertz CT molecular complexity index is 1150. The topological polar surface area (TPSA) is 84.3 Å². The van der Waals surface area contributed by atoms with E-state index in [-0.39, 0.29) is 49.0 Å². The van der Waals surface area contributed by atoms with Gasteiger partial charge in [0.05, 0.1) is 24.5 Å². The molecule has 7 nitrogen and oxygen atoms in total. The van der Waals surface area contributed by atoms with Gasteiger partial charge < -0.3 is 5.32 Å². The Hall–Kier alpha value is -3.81. The third kappa shape index (κ3) is 4.30. The number of imide groups is 1. The number of aromatic nitrogens is 2.